The quantitative estimate of drug-likeness (QED) is 0.507. The van der Waals surface area contributed by atoms with Crippen molar-refractivity contribution in [1.29, 1.82) is 0 Å². The highest BCUT2D eigenvalue weighted by molar-refractivity contribution is 6.66. The van der Waals surface area contributed by atoms with Gasteiger partial charge in [-0.15, -0.1) is 0 Å². The number of carbonyl (C=O) groups excluding carboxylic acids is 2. The van der Waals surface area contributed by atoms with Gasteiger partial charge >= 0.3 is 0 Å². The summed E-state index contributed by atoms with van der Waals surface area (Å²) in [4.78, 5) is 23.8. The molecule has 96 valence electrons. The molecule has 0 saturated carbocycles. The second-order valence-electron chi connectivity index (χ2n) is 5.03. The molecular weight excluding hydrogens is 272 g/mol. The van der Waals surface area contributed by atoms with Crippen molar-refractivity contribution in [1.82, 2.24) is 0 Å². The van der Waals surface area contributed by atoms with Crippen LogP contribution in [0.5, 0.6) is 0 Å². The third kappa shape index (κ3) is 1.40. The molecular formula is C17H9ClO2. The van der Waals surface area contributed by atoms with E-state index in [0.717, 1.165) is 26.8 Å². The minimum Gasteiger partial charge on any atom is -0.293 e. The van der Waals surface area contributed by atoms with Gasteiger partial charge in [-0.2, -0.15) is 0 Å². The van der Waals surface area contributed by atoms with E-state index in [1.54, 1.807) is 12.1 Å². The van der Waals surface area contributed by atoms with Crippen molar-refractivity contribution in [2.24, 2.45) is 5.92 Å². The Hall–Kier alpha value is -2.19. The maximum absolute atomic E-state index is 12.4. The Kier molecular flexibility index (Phi) is 2.27. The molecule has 0 aliphatic heterocycles. The SMILES string of the molecule is O=C(Cl)C1C=c2ccc3cccc4ccc(c2c43)C1=O. The highest BCUT2D eigenvalue weighted by Gasteiger charge is 2.29. The Morgan fingerprint density at radius 3 is 2.35 bits per heavy atom. The maximum Gasteiger partial charge on any atom is 0.236 e. The predicted molar refractivity (Wildman–Crippen MR) is 79.8 cm³/mol. The second-order valence-corrected chi connectivity index (χ2v) is 5.41. The minimum atomic E-state index is -0.869. The number of ketones is 1. The summed E-state index contributed by atoms with van der Waals surface area (Å²) >= 11 is 5.55. The van der Waals surface area contributed by atoms with E-state index in [-0.39, 0.29) is 5.78 Å². The first-order chi connectivity index (χ1) is 9.66. The monoisotopic (exact) mass is 280 g/mol. The van der Waals surface area contributed by atoms with Gasteiger partial charge in [0.25, 0.3) is 0 Å². The van der Waals surface area contributed by atoms with E-state index in [2.05, 4.69) is 0 Å². The van der Waals surface area contributed by atoms with Crippen LogP contribution in [0.1, 0.15) is 10.4 Å². The highest BCUT2D eigenvalue weighted by Crippen LogP contribution is 2.31. The first kappa shape index (κ1) is 11.6. The average molecular weight is 281 g/mol. The summed E-state index contributed by atoms with van der Waals surface area (Å²) in [5.41, 5.74) is 0.589. The van der Waals surface area contributed by atoms with Crippen molar-refractivity contribution < 1.29 is 9.59 Å². The van der Waals surface area contributed by atoms with Crippen LogP contribution >= 0.6 is 11.6 Å². The van der Waals surface area contributed by atoms with Crippen molar-refractivity contribution in [2.45, 2.75) is 0 Å². The first-order valence-corrected chi connectivity index (χ1v) is 6.74. The van der Waals surface area contributed by atoms with Gasteiger partial charge in [0.2, 0.25) is 5.24 Å². The molecule has 3 aromatic carbocycles. The normalized spacial score (nSPS) is 17.4. The maximum atomic E-state index is 12.4. The molecule has 1 aliphatic carbocycles. The number of Topliss-reactive ketones (excluding diaryl/α,β-unsaturated/α-hetero) is 1. The second kappa shape index (κ2) is 3.90. The van der Waals surface area contributed by atoms with Gasteiger partial charge in [0, 0.05) is 10.9 Å². The lowest BCUT2D eigenvalue weighted by Crippen LogP contribution is -2.27. The summed E-state index contributed by atoms with van der Waals surface area (Å²) in [6, 6.07) is 13.7. The molecule has 0 fully saturated rings. The lowest BCUT2D eigenvalue weighted by atomic mass is 9.85. The minimum absolute atomic E-state index is 0.212. The van der Waals surface area contributed by atoms with E-state index in [1.165, 1.54) is 0 Å². The van der Waals surface area contributed by atoms with Gasteiger partial charge in [0.15, 0.2) is 5.78 Å². The van der Waals surface area contributed by atoms with Crippen LogP contribution in [0.4, 0.5) is 0 Å². The number of benzene rings is 3. The van der Waals surface area contributed by atoms with Crippen LogP contribution in [-0.4, -0.2) is 11.0 Å². The van der Waals surface area contributed by atoms with Gasteiger partial charge in [0.1, 0.15) is 5.92 Å². The Balaban J connectivity index is 2.27. The number of carbonyl (C=O) groups is 2. The van der Waals surface area contributed by atoms with Crippen LogP contribution in [0.15, 0.2) is 42.5 Å². The predicted octanol–water partition coefficient (Wildman–Crippen LogP) is 3.07. The molecule has 0 amide bonds. The largest absolute Gasteiger partial charge is 0.293 e. The van der Waals surface area contributed by atoms with Gasteiger partial charge < -0.3 is 0 Å². The molecule has 4 rings (SSSR count). The van der Waals surface area contributed by atoms with Crippen molar-refractivity contribution in [3.8, 4) is 0 Å². The zero-order valence-electron chi connectivity index (χ0n) is 10.4. The molecule has 1 atom stereocenters. The van der Waals surface area contributed by atoms with Crippen LogP contribution in [0.2, 0.25) is 0 Å². The van der Waals surface area contributed by atoms with Gasteiger partial charge in [-0.25, -0.2) is 0 Å². The number of hydrogen-bond donors (Lipinski definition) is 0. The lowest BCUT2D eigenvalue weighted by Gasteiger charge is -2.17. The van der Waals surface area contributed by atoms with Gasteiger partial charge in [0.05, 0.1) is 0 Å². The molecule has 0 aromatic heterocycles. The summed E-state index contributed by atoms with van der Waals surface area (Å²) in [5.74, 6) is -1.08. The smallest absolute Gasteiger partial charge is 0.236 e. The molecule has 0 bridgehead atoms. The summed E-state index contributed by atoms with van der Waals surface area (Å²) in [7, 11) is 0. The van der Waals surface area contributed by atoms with Crippen LogP contribution in [0.3, 0.4) is 0 Å². The molecule has 0 spiro atoms. The van der Waals surface area contributed by atoms with Gasteiger partial charge in [-0.05, 0) is 33.0 Å². The zero-order chi connectivity index (χ0) is 13.9. The number of rotatable bonds is 1. The van der Waals surface area contributed by atoms with Crippen molar-refractivity contribution in [3.05, 3.63) is 53.2 Å². The third-order valence-electron chi connectivity index (χ3n) is 3.95. The average Bonchev–Trinajstić information content (AvgIpc) is 2.46. The van der Waals surface area contributed by atoms with E-state index < -0.39 is 11.2 Å². The van der Waals surface area contributed by atoms with E-state index in [4.69, 9.17) is 11.6 Å². The summed E-state index contributed by atoms with van der Waals surface area (Å²) in [5, 5.41) is 4.48. The van der Waals surface area contributed by atoms with Gasteiger partial charge in [-0.3, -0.25) is 9.59 Å². The fourth-order valence-electron chi connectivity index (χ4n) is 3.04. The van der Waals surface area contributed by atoms with E-state index in [9.17, 15) is 9.59 Å². The van der Waals surface area contributed by atoms with Crippen LogP contribution in [-0.2, 0) is 4.79 Å². The van der Waals surface area contributed by atoms with Crippen molar-refractivity contribution >= 4 is 50.2 Å². The Labute approximate surface area is 119 Å². The molecule has 0 radical (unpaired) electrons. The third-order valence-corrected chi connectivity index (χ3v) is 4.18. The fourth-order valence-corrected chi connectivity index (χ4v) is 3.21. The van der Waals surface area contributed by atoms with Crippen molar-refractivity contribution in [3.63, 3.8) is 0 Å². The van der Waals surface area contributed by atoms with E-state index >= 15 is 0 Å². The Bertz CT molecular complexity index is 940. The number of hydrogen-bond acceptors (Lipinski definition) is 2. The lowest BCUT2D eigenvalue weighted by molar-refractivity contribution is -0.112. The standard InChI is InChI=1S/C17H9ClO2/c18-17(20)13-8-11-5-4-9-2-1-3-10-6-7-12(16(13)19)15(11)14(9)10/h1-8,13H. The highest BCUT2D eigenvalue weighted by atomic mass is 35.5. The molecule has 3 heteroatoms. The van der Waals surface area contributed by atoms with Crippen molar-refractivity contribution in [2.75, 3.05) is 0 Å². The van der Waals surface area contributed by atoms with Crippen LogP contribution < -0.4 is 5.22 Å². The van der Waals surface area contributed by atoms with Gasteiger partial charge in [-0.1, -0.05) is 48.5 Å². The van der Waals surface area contributed by atoms with E-state index in [0.29, 0.717) is 5.56 Å². The zero-order valence-corrected chi connectivity index (χ0v) is 11.1. The Morgan fingerprint density at radius 2 is 1.65 bits per heavy atom. The summed E-state index contributed by atoms with van der Waals surface area (Å²) in [6.45, 7) is 0. The van der Waals surface area contributed by atoms with Crippen LogP contribution in [0.25, 0.3) is 27.6 Å². The number of halogens is 1. The molecule has 20 heavy (non-hydrogen) atoms. The molecule has 0 heterocycles. The molecule has 0 N–H and O–H groups in total. The van der Waals surface area contributed by atoms with E-state index in [1.807, 2.05) is 36.4 Å². The van der Waals surface area contributed by atoms with Crippen LogP contribution in [0, 0.1) is 5.92 Å². The fraction of sp³-hybridized carbons (Fsp3) is 0.0588. The molecule has 1 unspecified atom stereocenters. The molecule has 1 aliphatic rings. The summed E-state index contributed by atoms with van der Waals surface area (Å²) < 4.78 is 0. The summed E-state index contributed by atoms with van der Waals surface area (Å²) in [6.07, 6.45) is 1.67. The molecule has 3 aromatic rings. The Morgan fingerprint density at radius 1 is 0.950 bits per heavy atom. The molecule has 0 saturated heterocycles. The topological polar surface area (TPSA) is 34.1 Å². The molecule has 2 nitrogen and oxygen atoms in total. The first-order valence-electron chi connectivity index (χ1n) is 6.36.